The topological polar surface area (TPSA) is 26.7 Å². The van der Waals surface area contributed by atoms with Gasteiger partial charge in [-0.1, -0.05) is 26.0 Å². The molecule has 1 rings (SSSR count). The summed E-state index contributed by atoms with van der Waals surface area (Å²) in [5, 5.41) is 9.07. The molecule has 0 unspecified atom stereocenters. The number of nitrogens with zero attached hydrogens (tertiary/aromatic N) is 2. The first kappa shape index (κ1) is 15.0. The van der Waals surface area contributed by atoms with Crippen molar-refractivity contribution in [3.8, 4) is 0 Å². The van der Waals surface area contributed by atoms with Gasteiger partial charge in [0.05, 0.1) is 6.61 Å². The number of aliphatic hydroxyl groups is 1. The Morgan fingerprint density at radius 3 is 2.11 bits per heavy atom. The van der Waals surface area contributed by atoms with Crippen molar-refractivity contribution >= 4 is 5.69 Å². The molecule has 0 heterocycles. The van der Waals surface area contributed by atoms with Crippen LogP contribution in [0.2, 0.25) is 0 Å². The van der Waals surface area contributed by atoms with E-state index < -0.39 is 0 Å². The third kappa shape index (κ3) is 5.07. The summed E-state index contributed by atoms with van der Waals surface area (Å²) in [5.74, 6) is 0.643. The largest absolute Gasteiger partial charge is 0.392 e. The summed E-state index contributed by atoms with van der Waals surface area (Å²) in [6.07, 6.45) is 0. The van der Waals surface area contributed by atoms with Gasteiger partial charge in [0.25, 0.3) is 0 Å². The van der Waals surface area contributed by atoms with Crippen LogP contribution in [0.3, 0.4) is 0 Å². The second kappa shape index (κ2) is 7.39. The predicted molar refractivity (Wildman–Crippen MR) is 78.0 cm³/mol. The average Bonchev–Trinajstić information content (AvgIpc) is 2.34. The lowest BCUT2D eigenvalue weighted by atomic mass is 10.1. The summed E-state index contributed by atoms with van der Waals surface area (Å²) in [7, 11) is 4.20. The van der Waals surface area contributed by atoms with E-state index in [2.05, 4.69) is 49.9 Å². The average molecular weight is 250 g/mol. The maximum atomic E-state index is 9.07. The number of hydrogen-bond acceptors (Lipinski definition) is 3. The molecule has 0 aliphatic carbocycles. The van der Waals surface area contributed by atoms with E-state index in [1.807, 2.05) is 12.1 Å². The first-order valence-electron chi connectivity index (χ1n) is 6.62. The third-order valence-electron chi connectivity index (χ3n) is 2.89. The van der Waals surface area contributed by atoms with Crippen molar-refractivity contribution in [2.45, 2.75) is 20.5 Å². The van der Waals surface area contributed by atoms with Gasteiger partial charge in [-0.05, 0) is 37.7 Å². The summed E-state index contributed by atoms with van der Waals surface area (Å²) in [5.41, 5.74) is 2.21. The zero-order valence-corrected chi connectivity index (χ0v) is 12.1. The van der Waals surface area contributed by atoms with E-state index in [9.17, 15) is 0 Å². The van der Waals surface area contributed by atoms with Crippen molar-refractivity contribution in [2.24, 2.45) is 5.92 Å². The first-order valence-corrected chi connectivity index (χ1v) is 6.62. The Morgan fingerprint density at radius 2 is 1.67 bits per heavy atom. The lowest BCUT2D eigenvalue weighted by Crippen LogP contribution is -2.34. The molecule has 0 saturated heterocycles. The van der Waals surface area contributed by atoms with E-state index in [0.717, 1.165) is 25.2 Å². The molecule has 0 radical (unpaired) electrons. The van der Waals surface area contributed by atoms with Gasteiger partial charge in [0.15, 0.2) is 0 Å². The number of hydrogen-bond donors (Lipinski definition) is 1. The van der Waals surface area contributed by atoms with Crippen LogP contribution in [-0.4, -0.2) is 43.7 Å². The second-order valence-electron chi connectivity index (χ2n) is 5.47. The molecule has 102 valence electrons. The monoisotopic (exact) mass is 250 g/mol. The molecule has 1 aromatic rings. The van der Waals surface area contributed by atoms with E-state index in [-0.39, 0.29) is 6.61 Å². The standard InChI is InChI=1S/C15H26N2O/c1-13(2)11-17(10-9-16(3)4)15-7-5-14(12-18)6-8-15/h5-8,13,18H,9-12H2,1-4H3. The fourth-order valence-electron chi connectivity index (χ4n) is 1.90. The van der Waals surface area contributed by atoms with Gasteiger partial charge in [-0.15, -0.1) is 0 Å². The third-order valence-corrected chi connectivity index (χ3v) is 2.89. The fraction of sp³-hybridized carbons (Fsp3) is 0.600. The summed E-state index contributed by atoms with van der Waals surface area (Å²) in [6.45, 7) is 7.74. The molecule has 0 fully saturated rings. The lowest BCUT2D eigenvalue weighted by molar-refractivity contribution is 0.282. The van der Waals surface area contributed by atoms with Crippen molar-refractivity contribution in [3.63, 3.8) is 0 Å². The van der Waals surface area contributed by atoms with Gasteiger partial charge in [-0.3, -0.25) is 0 Å². The van der Waals surface area contributed by atoms with Crippen molar-refractivity contribution in [1.29, 1.82) is 0 Å². The van der Waals surface area contributed by atoms with Crippen molar-refractivity contribution in [1.82, 2.24) is 4.90 Å². The minimum atomic E-state index is 0.113. The van der Waals surface area contributed by atoms with Crippen molar-refractivity contribution in [2.75, 3.05) is 38.6 Å². The van der Waals surface area contributed by atoms with Crippen LogP contribution in [0.5, 0.6) is 0 Å². The van der Waals surface area contributed by atoms with Gasteiger partial charge in [-0.2, -0.15) is 0 Å². The summed E-state index contributed by atoms with van der Waals surface area (Å²) >= 11 is 0. The summed E-state index contributed by atoms with van der Waals surface area (Å²) < 4.78 is 0. The highest BCUT2D eigenvalue weighted by Crippen LogP contribution is 2.16. The van der Waals surface area contributed by atoms with Crippen LogP contribution in [0.1, 0.15) is 19.4 Å². The maximum absolute atomic E-state index is 9.07. The summed E-state index contributed by atoms with van der Waals surface area (Å²) in [6, 6.07) is 8.20. The SMILES string of the molecule is CC(C)CN(CCN(C)C)c1ccc(CO)cc1. The molecule has 1 N–H and O–H groups in total. The molecular formula is C15H26N2O. The molecule has 0 aliphatic heterocycles. The fourth-order valence-corrected chi connectivity index (χ4v) is 1.90. The van der Waals surface area contributed by atoms with Crippen LogP contribution >= 0.6 is 0 Å². The number of rotatable bonds is 7. The van der Waals surface area contributed by atoms with Crippen LogP contribution in [0, 0.1) is 5.92 Å². The highest BCUT2D eigenvalue weighted by Gasteiger charge is 2.08. The number of likely N-dealkylation sites (N-methyl/N-ethyl adjacent to an activating group) is 1. The number of benzene rings is 1. The van der Waals surface area contributed by atoms with Crippen LogP contribution in [0.15, 0.2) is 24.3 Å². The van der Waals surface area contributed by atoms with Crippen LogP contribution in [-0.2, 0) is 6.61 Å². The van der Waals surface area contributed by atoms with Gasteiger partial charge in [-0.25, -0.2) is 0 Å². The molecule has 0 aromatic heterocycles. The van der Waals surface area contributed by atoms with Gasteiger partial charge < -0.3 is 14.9 Å². The van der Waals surface area contributed by atoms with Gasteiger partial charge >= 0.3 is 0 Å². The van der Waals surface area contributed by atoms with Crippen molar-refractivity contribution < 1.29 is 5.11 Å². The zero-order valence-electron chi connectivity index (χ0n) is 12.1. The van der Waals surface area contributed by atoms with Crippen molar-refractivity contribution in [3.05, 3.63) is 29.8 Å². The van der Waals surface area contributed by atoms with Gasteiger partial charge in [0.1, 0.15) is 0 Å². The Balaban J connectivity index is 2.73. The highest BCUT2D eigenvalue weighted by atomic mass is 16.3. The lowest BCUT2D eigenvalue weighted by Gasteiger charge is -2.28. The highest BCUT2D eigenvalue weighted by molar-refractivity contribution is 5.47. The van der Waals surface area contributed by atoms with E-state index in [4.69, 9.17) is 5.11 Å². The number of aliphatic hydroxyl groups excluding tert-OH is 1. The molecular weight excluding hydrogens is 224 g/mol. The Kier molecular flexibility index (Phi) is 6.16. The van der Waals surface area contributed by atoms with E-state index in [1.165, 1.54) is 5.69 Å². The normalized spacial score (nSPS) is 11.3. The zero-order chi connectivity index (χ0) is 13.5. The first-order chi connectivity index (χ1) is 8.52. The van der Waals surface area contributed by atoms with E-state index in [0.29, 0.717) is 5.92 Å². The van der Waals surface area contributed by atoms with Gasteiger partial charge in [0.2, 0.25) is 0 Å². The molecule has 18 heavy (non-hydrogen) atoms. The smallest absolute Gasteiger partial charge is 0.0681 e. The van der Waals surface area contributed by atoms with Crippen LogP contribution < -0.4 is 4.90 Å². The molecule has 3 heteroatoms. The molecule has 0 aliphatic rings. The number of anilines is 1. The molecule has 0 saturated carbocycles. The minimum Gasteiger partial charge on any atom is -0.392 e. The Hall–Kier alpha value is -1.06. The van der Waals surface area contributed by atoms with E-state index in [1.54, 1.807) is 0 Å². The second-order valence-corrected chi connectivity index (χ2v) is 5.47. The Bertz CT molecular complexity index is 333. The molecule has 3 nitrogen and oxygen atoms in total. The molecule has 0 amide bonds. The Morgan fingerprint density at radius 1 is 1.06 bits per heavy atom. The van der Waals surface area contributed by atoms with Gasteiger partial charge in [0, 0.05) is 25.3 Å². The van der Waals surface area contributed by atoms with E-state index >= 15 is 0 Å². The van der Waals surface area contributed by atoms with Crippen LogP contribution in [0.4, 0.5) is 5.69 Å². The van der Waals surface area contributed by atoms with Crippen LogP contribution in [0.25, 0.3) is 0 Å². The molecule has 0 atom stereocenters. The molecule has 0 bridgehead atoms. The quantitative estimate of drug-likeness (QED) is 0.803. The predicted octanol–water partition coefficient (Wildman–Crippen LogP) is 2.20. The minimum absolute atomic E-state index is 0.113. The Labute approximate surface area is 111 Å². The molecule has 0 spiro atoms. The molecule has 1 aromatic carbocycles. The summed E-state index contributed by atoms with van der Waals surface area (Å²) in [4.78, 5) is 4.61. The maximum Gasteiger partial charge on any atom is 0.0681 e.